The number of anilines is 1. The maximum atomic E-state index is 12.2. The topological polar surface area (TPSA) is 132 Å². The number of hydrogen-bond acceptors (Lipinski definition) is 7. The van der Waals surface area contributed by atoms with E-state index in [0.717, 1.165) is 10.1 Å². The van der Waals surface area contributed by atoms with Crippen molar-refractivity contribution in [1.82, 2.24) is 9.55 Å². The lowest BCUT2D eigenvalue weighted by Gasteiger charge is -2.12. The van der Waals surface area contributed by atoms with Gasteiger partial charge in [-0.25, -0.2) is 4.79 Å². The summed E-state index contributed by atoms with van der Waals surface area (Å²) in [6, 6.07) is 12.2. The van der Waals surface area contributed by atoms with Crippen molar-refractivity contribution in [2.24, 2.45) is 4.99 Å². The second-order valence-corrected chi connectivity index (χ2v) is 6.40. The van der Waals surface area contributed by atoms with Gasteiger partial charge >= 0.3 is 5.69 Å². The molecule has 156 valence electrons. The number of aryl methyl sites for hydroxylation is 1. The highest BCUT2D eigenvalue weighted by molar-refractivity contribution is 5.85. The van der Waals surface area contributed by atoms with Gasteiger partial charge in [-0.05, 0) is 36.2 Å². The molecule has 0 saturated carbocycles. The smallest absolute Gasteiger partial charge is 0.331 e. The molecule has 4 N–H and O–H groups in total. The molecule has 0 atom stereocenters. The molecule has 2 aromatic carbocycles. The average Bonchev–Trinajstić information content (AvgIpc) is 2.74. The van der Waals surface area contributed by atoms with Gasteiger partial charge in [-0.3, -0.25) is 19.3 Å². The molecule has 1 heterocycles. The van der Waals surface area contributed by atoms with Crippen LogP contribution in [0.25, 0.3) is 0 Å². The maximum Gasteiger partial charge on any atom is 0.331 e. The van der Waals surface area contributed by atoms with E-state index in [4.69, 9.17) is 15.2 Å². The van der Waals surface area contributed by atoms with Crippen LogP contribution in [0.2, 0.25) is 0 Å². The third kappa shape index (κ3) is 4.35. The zero-order chi connectivity index (χ0) is 21.7. The number of nitrogens with two attached hydrogens (primary N) is 1. The Morgan fingerprint density at radius 2 is 1.87 bits per heavy atom. The summed E-state index contributed by atoms with van der Waals surface area (Å²) in [5.41, 5.74) is 5.97. The molecule has 0 fully saturated rings. The van der Waals surface area contributed by atoms with Crippen LogP contribution in [-0.4, -0.2) is 35.1 Å². The molecule has 0 aliphatic carbocycles. The number of aromatic hydroxyl groups is 1. The van der Waals surface area contributed by atoms with E-state index in [1.807, 2.05) is 6.07 Å². The number of nitrogens with one attached hydrogen (secondary N) is 1. The van der Waals surface area contributed by atoms with Gasteiger partial charge in [-0.1, -0.05) is 18.2 Å². The number of rotatable bonds is 7. The van der Waals surface area contributed by atoms with E-state index in [-0.39, 0.29) is 12.1 Å². The van der Waals surface area contributed by atoms with E-state index < -0.39 is 17.1 Å². The predicted molar refractivity (Wildman–Crippen MR) is 114 cm³/mol. The summed E-state index contributed by atoms with van der Waals surface area (Å²) in [5, 5.41) is 10.5. The van der Waals surface area contributed by atoms with Crippen molar-refractivity contribution in [3.05, 3.63) is 74.4 Å². The quantitative estimate of drug-likeness (QED) is 0.402. The van der Waals surface area contributed by atoms with Crippen molar-refractivity contribution in [1.29, 1.82) is 0 Å². The number of methoxy groups -OCH3 is 2. The molecule has 0 bridgehead atoms. The molecule has 30 heavy (non-hydrogen) atoms. The minimum Gasteiger partial charge on any atom is -0.494 e. The predicted octanol–water partition coefficient (Wildman–Crippen LogP) is 1.83. The zero-order valence-electron chi connectivity index (χ0n) is 16.6. The van der Waals surface area contributed by atoms with E-state index in [1.54, 1.807) is 43.5 Å². The largest absolute Gasteiger partial charge is 0.494 e. The number of nitrogen functional groups attached to an aromatic ring is 1. The van der Waals surface area contributed by atoms with Crippen LogP contribution in [-0.2, 0) is 13.0 Å². The van der Waals surface area contributed by atoms with Crippen LogP contribution in [0.5, 0.6) is 17.4 Å². The van der Waals surface area contributed by atoms with Crippen LogP contribution >= 0.6 is 0 Å². The fourth-order valence-corrected chi connectivity index (χ4v) is 2.92. The lowest BCUT2D eigenvalue weighted by Crippen LogP contribution is -2.32. The first-order chi connectivity index (χ1) is 14.4. The Balaban J connectivity index is 1.89. The molecule has 9 nitrogen and oxygen atoms in total. The number of aromatic nitrogens is 2. The highest BCUT2D eigenvalue weighted by atomic mass is 16.5. The third-order valence-corrected chi connectivity index (χ3v) is 4.55. The lowest BCUT2D eigenvalue weighted by atomic mass is 10.1. The van der Waals surface area contributed by atoms with E-state index >= 15 is 0 Å². The molecule has 0 spiro atoms. The Hall–Kier alpha value is -4.01. The second kappa shape index (κ2) is 8.99. The highest BCUT2D eigenvalue weighted by Crippen LogP contribution is 2.28. The highest BCUT2D eigenvalue weighted by Gasteiger charge is 2.13. The average molecular weight is 410 g/mol. The zero-order valence-corrected chi connectivity index (χ0v) is 16.6. The molecule has 0 aliphatic heterocycles. The Morgan fingerprint density at radius 1 is 1.13 bits per heavy atom. The maximum absolute atomic E-state index is 12.2. The minimum atomic E-state index is -0.738. The number of para-hydroxylation sites is 2. The first-order valence-electron chi connectivity index (χ1n) is 9.10. The van der Waals surface area contributed by atoms with E-state index in [9.17, 15) is 14.7 Å². The number of H-pyrrole nitrogens is 1. The number of aliphatic imine (C=N–C) groups is 1. The SMILES string of the molecule is COc1ccc(CCn2c(O)c(C=Nc3ccccc3N)c(=O)[nH]c2=O)cc1OC. The van der Waals surface area contributed by atoms with Crippen LogP contribution in [0, 0.1) is 0 Å². The van der Waals surface area contributed by atoms with Gasteiger partial charge in [-0.15, -0.1) is 0 Å². The van der Waals surface area contributed by atoms with E-state index in [1.165, 1.54) is 13.3 Å². The molecule has 0 radical (unpaired) electrons. The summed E-state index contributed by atoms with van der Waals surface area (Å²) in [7, 11) is 3.08. The van der Waals surface area contributed by atoms with Gasteiger partial charge in [0.25, 0.3) is 5.56 Å². The number of hydrogen-bond donors (Lipinski definition) is 3. The number of ether oxygens (including phenoxy) is 2. The van der Waals surface area contributed by atoms with Crippen molar-refractivity contribution in [3.63, 3.8) is 0 Å². The molecule has 1 aromatic heterocycles. The monoisotopic (exact) mass is 410 g/mol. The summed E-state index contributed by atoms with van der Waals surface area (Å²) in [4.78, 5) is 30.7. The summed E-state index contributed by atoms with van der Waals surface area (Å²) in [6.45, 7) is 0.130. The second-order valence-electron chi connectivity index (χ2n) is 6.40. The summed E-state index contributed by atoms with van der Waals surface area (Å²) < 4.78 is 11.6. The van der Waals surface area contributed by atoms with Gasteiger partial charge in [0.2, 0.25) is 5.88 Å². The molecular weight excluding hydrogens is 388 g/mol. The molecule has 0 unspecified atom stereocenters. The lowest BCUT2D eigenvalue weighted by molar-refractivity contribution is 0.354. The Kier molecular flexibility index (Phi) is 6.21. The first kappa shape index (κ1) is 20.7. The normalized spacial score (nSPS) is 11.0. The van der Waals surface area contributed by atoms with Crippen LogP contribution in [0.3, 0.4) is 0 Å². The van der Waals surface area contributed by atoms with E-state index in [0.29, 0.717) is 29.3 Å². The Bertz CT molecular complexity index is 1200. The standard InChI is InChI=1S/C21H22N4O5/c1-29-17-8-7-13(11-18(17)30-2)9-10-25-20(27)14(19(26)24-21(25)28)12-23-16-6-4-3-5-15(16)22/h3-8,11-12,27H,9-10,22H2,1-2H3,(H,24,26,28). The van der Waals surface area contributed by atoms with Crippen molar-refractivity contribution >= 4 is 17.6 Å². The van der Waals surface area contributed by atoms with E-state index in [2.05, 4.69) is 9.98 Å². The van der Waals surface area contributed by atoms with Gasteiger partial charge in [-0.2, -0.15) is 0 Å². The molecule has 9 heteroatoms. The molecule has 3 rings (SSSR count). The number of nitrogens with zero attached hydrogens (tertiary/aromatic N) is 2. The Morgan fingerprint density at radius 3 is 2.57 bits per heavy atom. The molecule has 0 amide bonds. The van der Waals surface area contributed by atoms with Crippen LogP contribution in [0.1, 0.15) is 11.1 Å². The molecule has 0 saturated heterocycles. The van der Waals surface area contributed by atoms with Gasteiger partial charge in [0.05, 0.1) is 25.6 Å². The first-order valence-corrected chi connectivity index (χ1v) is 9.10. The fourth-order valence-electron chi connectivity index (χ4n) is 2.92. The third-order valence-electron chi connectivity index (χ3n) is 4.55. The van der Waals surface area contributed by atoms with Gasteiger partial charge in [0.1, 0.15) is 5.56 Å². The van der Waals surface area contributed by atoms with Gasteiger partial charge < -0.3 is 20.3 Å². The van der Waals surface area contributed by atoms with Gasteiger partial charge in [0, 0.05) is 12.8 Å². The fraction of sp³-hybridized carbons (Fsp3) is 0.190. The number of aromatic amines is 1. The van der Waals surface area contributed by atoms with Crippen LogP contribution < -0.4 is 26.5 Å². The molecule has 0 aliphatic rings. The van der Waals surface area contributed by atoms with Crippen molar-refractivity contribution in [2.75, 3.05) is 20.0 Å². The number of benzene rings is 2. The van der Waals surface area contributed by atoms with Crippen molar-refractivity contribution < 1.29 is 14.6 Å². The molecule has 3 aromatic rings. The summed E-state index contributed by atoms with van der Waals surface area (Å²) in [5.74, 6) is 0.674. The molecular formula is C21H22N4O5. The summed E-state index contributed by atoms with van der Waals surface area (Å²) >= 11 is 0. The van der Waals surface area contributed by atoms with Crippen LogP contribution in [0.4, 0.5) is 11.4 Å². The Labute approximate surface area is 172 Å². The minimum absolute atomic E-state index is 0.130. The van der Waals surface area contributed by atoms with Crippen molar-refractivity contribution in [2.45, 2.75) is 13.0 Å². The van der Waals surface area contributed by atoms with Crippen molar-refractivity contribution in [3.8, 4) is 17.4 Å². The van der Waals surface area contributed by atoms with Crippen LogP contribution in [0.15, 0.2) is 57.0 Å². The van der Waals surface area contributed by atoms with Gasteiger partial charge in [0.15, 0.2) is 11.5 Å². The summed E-state index contributed by atoms with van der Waals surface area (Å²) in [6.07, 6.45) is 1.59.